The molecule has 1 aromatic carbocycles. The van der Waals surface area contributed by atoms with E-state index in [0.29, 0.717) is 12.0 Å². The molecule has 3 N–H and O–H groups in total. The molecular weight excluding hydrogens is 256 g/mol. The van der Waals surface area contributed by atoms with Gasteiger partial charge in [0, 0.05) is 17.7 Å². The molecule has 0 radical (unpaired) electrons. The summed E-state index contributed by atoms with van der Waals surface area (Å²) in [6.45, 7) is 1.82. The van der Waals surface area contributed by atoms with Gasteiger partial charge in [0.2, 0.25) is 0 Å². The van der Waals surface area contributed by atoms with E-state index in [2.05, 4.69) is 10.3 Å². The summed E-state index contributed by atoms with van der Waals surface area (Å²) >= 11 is 0. The fourth-order valence-electron chi connectivity index (χ4n) is 2.08. The largest absolute Gasteiger partial charge is 0.465 e. The molecule has 0 saturated heterocycles. The van der Waals surface area contributed by atoms with Crippen LogP contribution in [0.5, 0.6) is 0 Å². The quantitative estimate of drug-likeness (QED) is 0.796. The number of hydrogen-bond acceptors (Lipinski definition) is 2. The molecule has 0 unspecified atom stereocenters. The Kier molecular flexibility index (Phi) is 4.20. The van der Waals surface area contributed by atoms with Crippen LogP contribution in [0, 0.1) is 6.92 Å². The van der Waals surface area contributed by atoms with E-state index in [4.69, 9.17) is 5.11 Å². The minimum absolute atomic E-state index is 0.0160. The molecule has 20 heavy (non-hydrogen) atoms. The van der Waals surface area contributed by atoms with Crippen LogP contribution >= 0.6 is 0 Å². The third-order valence-electron chi connectivity index (χ3n) is 3.07. The van der Waals surface area contributed by atoms with Gasteiger partial charge in [0.25, 0.3) is 5.56 Å². The Hall–Kier alpha value is -2.56. The summed E-state index contributed by atoms with van der Waals surface area (Å²) in [5.74, 6) is 0. The van der Waals surface area contributed by atoms with Crippen molar-refractivity contribution in [2.45, 2.75) is 19.9 Å². The molecule has 0 aliphatic carbocycles. The number of amides is 1. The van der Waals surface area contributed by atoms with E-state index < -0.39 is 6.09 Å². The van der Waals surface area contributed by atoms with Gasteiger partial charge >= 0.3 is 6.09 Å². The van der Waals surface area contributed by atoms with Gasteiger partial charge in [-0.05, 0) is 24.1 Å². The molecule has 5 heteroatoms. The third-order valence-corrected chi connectivity index (χ3v) is 3.07. The van der Waals surface area contributed by atoms with Crippen LogP contribution in [-0.4, -0.2) is 16.2 Å². The number of aryl methyl sites for hydroxylation is 1. The van der Waals surface area contributed by atoms with Crippen LogP contribution in [-0.2, 0) is 13.0 Å². The van der Waals surface area contributed by atoms with Gasteiger partial charge in [0.05, 0.1) is 6.54 Å². The lowest BCUT2D eigenvalue weighted by molar-refractivity contribution is 0.194. The fourth-order valence-corrected chi connectivity index (χ4v) is 2.08. The smallest absolute Gasteiger partial charge is 0.404 e. The number of H-pyrrole nitrogens is 1. The summed E-state index contributed by atoms with van der Waals surface area (Å²) in [7, 11) is 0. The molecule has 1 amide bonds. The molecule has 0 bridgehead atoms. The number of carboxylic acid groups (broad SMARTS) is 1. The second-order valence-corrected chi connectivity index (χ2v) is 4.61. The van der Waals surface area contributed by atoms with E-state index in [1.54, 1.807) is 0 Å². The summed E-state index contributed by atoms with van der Waals surface area (Å²) in [6, 6.07) is 11.7. The maximum absolute atomic E-state index is 12.0. The highest BCUT2D eigenvalue weighted by Crippen LogP contribution is 2.09. The number of hydrogen-bond donors (Lipinski definition) is 3. The van der Waals surface area contributed by atoms with E-state index >= 15 is 0 Å². The van der Waals surface area contributed by atoms with Crippen LogP contribution in [0.2, 0.25) is 0 Å². The van der Waals surface area contributed by atoms with E-state index in [9.17, 15) is 9.59 Å². The number of aromatic nitrogens is 1. The first-order valence-corrected chi connectivity index (χ1v) is 6.28. The first-order valence-electron chi connectivity index (χ1n) is 6.28. The number of carbonyl (C=O) groups is 1. The Morgan fingerprint density at radius 1 is 1.30 bits per heavy atom. The lowest BCUT2D eigenvalue weighted by atomic mass is 10.1. The predicted octanol–water partition coefficient (Wildman–Crippen LogP) is 2.04. The maximum Gasteiger partial charge on any atom is 0.404 e. The van der Waals surface area contributed by atoms with Gasteiger partial charge in [0.1, 0.15) is 0 Å². The van der Waals surface area contributed by atoms with Crippen LogP contribution in [0.3, 0.4) is 0 Å². The predicted molar refractivity (Wildman–Crippen MR) is 75.9 cm³/mol. The van der Waals surface area contributed by atoms with Gasteiger partial charge < -0.3 is 15.4 Å². The second-order valence-electron chi connectivity index (χ2n) is 4.61. The molecule has 5 nitrogen and oxygen atoms in total. The van der Waals surface area contributed by atoms with Gasteiger partial charge in [-0.2, -0.15) is 0 Å². The Labute approximate surface area is 116 Å². The molecular formula is C15H16N2O3. The zero-order valence-corrected chi connectivity index (χ0v) is 11.1. The summed E-state index contributed by atoms with van der Waals surface area (Å²) in [5.41, 5.74) is 2.92. The van der Waals surface area contributed by atoms with Crippen LogP contribution in [0.15, 0.2) is 41.2 Å². The van der Waals surface area contributed by atoms with E-state index in [0.717, 1.165) is 16.8 Å². The lowest BCUT2D eigenvalue weighted by Gasteiger charge is -2.08. The van der Waals surface area contributed by atoms with Gasteiger partial charge in [-0.1, -0.05) is 30.3 Å². The summed E-state index contributed by atoms with van der Waals surface area (Å²) in [6.07, 6.45) is -0.499. The molecule has 0 atom stereocenters. The van der Waals surface area contributed by atoms with Gasteiger partial charge in [-0.25, -0.2) is 4.79 Å². The third kappa shape index (κ3) is 3.47. The summed E-state index contributed by atoms with van der Waals surface area (Å²) in [5, 5.41) is 10.8. The second kappa shape index (κ2) is 6.06. The normalized spacial score (nSPS) is 10.2. The van der Waals surface area contributed by atoms with Crippen molar-refractivity contribution in [3.8, 4) is 0 Å². The Balaban J connectivity index is 2.22. The molecule has 0 aliphatic heterocycles. The van der Waals surface area contributed by atoms with Crippen molar-refractivity contribution in [3.63, 3.8) is 0 Å². The highest BCUT2D eigenvalue weighted by atomic mass is 16.4. The maximum atomic E-state index is 12.0. The van der Waals surface area contributed by atoms with E-state index in [1.807, 2.05) is 43.3 Å². The Morgan fingerprint density at radius 2 is 2.00 bits per heavy atom. The molecule has 104 valence electrons. The van der Waals surface area contributed by atoms with Gasteiger partial charge in [-0.3, -0.25) is 4.79 Å². The van der Waals surface area contributed by atoms with Crippen molar-refractivity contribution >= 4 is 6.09 Å². The SMILES string of the molecule is Cc1cc(Cc2ccccc2)[nH]c(=O)c1CNC(=O)O. The van der Waals surface area contributed by atoms with Crippen molar-refractivity contribution in [2.24, 2.45) is 0 Å². The number of aromatic amines is 1. The van der Waals surface area contributed by atoms with Crippen molar-refractivity contribution < 1.29 is 9.90 Å². The molecule has 2 aromatic rings. The number of pyridine rings is 1. The minimum atomic E-state index is -1.14. The number of nitrogens with one attached hydrogen (secondary N) is 2. The van der Waals surface area contributed by atoms with Crippen LogP contribution in [0.4, 0.5) is 4.79 Å². The molecule has 0 spiro atoms. The number of benzene rings is 1. The van der Waals surface area contributed by atoms with Gasteiger partial charge in [-0.15, -0.1) is 0 Å². The highest BCUT2D eigenvalue weighted by molar-refractivity contribution is 5.64. The fraction of sp³-hybridized carbons (Fsp3) is 0.200. The molecule has 0 saturated carbocycles. The first-order chi connectivity index (χ1) is 9.56. The molecule has 0 aliphatic rings. The van der Waals surface area contributed by atoms with Crippen LogP contribution < -0.4 is 10.9 Å². The van der Waals surface area contributed by atoms with Crippen molar-refractivity contribution in [3.05, 3.63) is 69.1 Å². The highest BCUT2D eigenvalue weighted by Gasteiger charge is 2.08. The van der Waals surface area contributed by atoms with Crippen molar-refractivity contribution in [1.29, 1.82) is 0 Å². The van der Waals surface area contributed by atoms with Crippen molar-refractivity contribution in [1.82, 2.24) is 10.3 Å². The molecule has 0 fully saturated rings. The topological polar surface area (TPSA) is 82.2 Å². The van der Waals surface area contributed by atoms with E-state index in [1.165, 1.54) is 0 Å². The van der Waals surface area contributed by atoms with Crippen LogP contribution in [0.1, 0.15) is 22.4 Å². The molecule has 1 heterocycles. The van der Waals surface area contributed by atoms with Crippen LogP contribution in [0.25, 0.3) is 0 Å². The number of rotatable bonds is 4. The standard InChI is InChI=1S/C15H16N2O3/c1-10-7-12(8-11-5-3-2-4-6-11)17-14(18)13(10)9-16-15(19)20/h2-7,16H,8-9H2,1H3,(H,17,18)(H,19,20). The zero-order chi connectivity index (χ0) is 14.5. The van der Waals surface area contributed by atoms with E-state index in [-0.39, 0.29) is 12.1 Å². The van der Waals surface area contributed by atoms with Crippen molar-refractivity contribution in [2.75, 3.05) is 0 Å². The Bertz CT molecular complexity index is 663. The minimum Gasteiger partial charge on any atom is -0.465 e. The first kappa shape index (κ1) is 13.9. The monoisotopic (exact) mass is 272 g/mol. The average molecular weight is 272 g/mol. The average Bonchev–Trinajstić information content (AvgIpc) is 2.38. The summed E-state index contributed by atoms with van der Waals surface area (Å²) < 4.78 is 0. The summed E-state index contributed by atoms with van der Waals surface area (Å²) in [4.78, 5) is 25.3. The zero-order valence-electron chi connectivity index (χ0n) is 11.1. The molecule has 1 aromatic heterocycles. The Morgan fingerprint density at radius 3 is 2.60 bits per heavy atom. The molecule has 2 rings (SSSR count). The lowest BCUT2D eigenvalue weighted by Crippen LogP contribution is -2.26. The van der Waals surface area contributed by atoms with Gasteiger partial charge in [0.15, 0.2) is 0 Å².